The van der Waals surface area contributed by atoms with Crippen LogP contribution in [0.1, 0.15) is 13.8 Å². The van der Waals surface area contributed by atoms with Gasteiger partial charge in [0.1, 0.15) is 0 Å². The van der Waals surface area contributed by atoms with Gasteiger partial charge in [0.05, 0.1) is 11.0 Å². The van der Waals surface area contributed by atoms with Gasteiger partial charge in [0.25, 0.3) is 5.56 Å². The van der Waals surface area contributed by atoms with Crippen LogP contribution in [-0.2, 0) is 0 Å². The van der Waals surface area contributed by atoms with Crippen LogP contribution in [0.15, 0.2) is 65.5 Å². The second kappa shape index (κ2) is 5.78. The number of pyridine rings is 1. The second-order valence-corrected chi connectivity index (χ2v) is 5.87. The third-order valence-electron chi connectivity index (χ3n) is 4.73. The summed E-state index contributed by atoms with van der Waals surface area (Å²) in [7, 11) is 1.91. The Morgan fingerprint density at radius 1 is 0.760 bits per heavy atom. The number of rotatable bonds is 1. The van der Waals surface area contributed by atoms with Crippen molar-refractivity contribution in [2.24, 2.45) is 0 Å². The van der Waals surface area contributed by atoms with Gasteiger partial charge in [-0.1, -0.05) is 50.2 Å². The van der Waals surface area contributed by atoms with Crippen molar-refractivity contribution in [2.75, 3.05) is 12.4 Å². The number of benzene rings is 3. The van der Waals surface area contributed by atoms with Crippen molar-refractivity contribution in [3.63, 3.8) is 0 Å². The molecule has 0 aliphatic heterocycles. The van der Waals surface area contributed by atoms with E-state index in [-0.39, 0.29) is 5.56 Å². The molecule has 3 aromatic carbocycles. The quantitative estimate of drug-likeness (QED) is 0.426. The maximum Gasteiger partial charge on any atom is 0.263 e. The predicted molar refractivity (Wildman–Crippen MR) is 108 cm³/mol. The molecule has 0 radical (unpaired) electrons. The van der Waals surface area contributed by atoms with Gasteiger partial charge in [0, 0.05) is 34.3 Å². The van der Waals surface area contributed by atoms with E-state index in [1.54, 1.807) is 0 Å². The van der Waals surface area contributed by atoms with E-state index < -0.39 is 0 Å². The summed E-state index contributed by atoms with van der Waals surface area (Å²) in [4.78, 5) is 13.1. The molecule has 0 unspecified atom stereocenters. The van der Waals surface area contributed by atoms with Crippen LogP contribution in [0.4, 0.5) is 5.69 Å². The average Bonchev–Trinajstić information content (AvgIpc) is 3.02. The van der Waals surface area contributed by atoms with Crippen molar-refractivity contribution in [1.29, 1.82) is 0 Å². The van der Waals surface area contributed by atoms with Crippen molar-refractivity contribution < 1.29 is 0 Å². The van der Waals surface area contributed by atoms with Crippen LogP contribution in [0, 0.1) is 0 Å². The summed E-state index contributed by atoms with van der Waals surface area (Å²) >= 11 is 0. The molecule has 0 aliphatic carbocycles. The van der Waals surface area contributed by atoms with Crippen molar-refractivity contribution in [3.8, 4) is 0 Å². The number of nitrogens with zero attached hydrogens (tertiary/aromatic N) is 1. The van der Waals surface area contributed by atoms with Gasteiger partial charge in [-0.3, -0.25) is 9.20 Å². The summed E-state index contributed by atoms with van der Waals surface area (Å²) < 4.78 is 1.86. The average molecular weight is 328 g/mol. The van der Waals surface area contributed by atoms with E-state index in [1.165, 1.54) is 0 Å². The minimum absolute atomic E-state index is 0.0523. The lowest BCUT2D eigenvalue weighted by Gasteiger charge is -2.05. The van der Waals surface area contributed by atoms with E-state index in [1.807, 2.05) is 61.7 Å². The molecule has 3 nitrogen and oxygen atoms in total. The Morgan fingerprint density at radius 3 is 2.12 bits per heavy atom. The molecule has 0 spiro atoms. The summed E-state index contributed by atoms with van der Waals surface area (Å²) in [6, 6.07) is 20.3. The minimum atomic E-state index is 0.0523. The normalized spacial score (nSPS) is 11.2. The molecule has 1 N–H and O–H groups in total. The van der Waals surface area contributed by atoms with Crippen LogP contribution in [-0.4, -0.2) is 11.4 Å². The number of hydrogen-bond acceptors (Lipinski definition) is 2. The second-order valence-electron chi connectivity index (χ2n) is 5.87. The highest BCUT2D eigenvalue weighted by Gasteiger charge is 2.16. The summed E-state index contributed by atoms with van der Waals surface area (Å²) in [6.45, 7) is 4.00. The van der Waals surface area contributed by atoms with Crippen molar-refractivity contribution in [2.45, 2.75) is 13.8 Å². The molecule has 0 amide bonds. The lowest BCUT2D eigenvalue weighted by Crippen LogP contribution is -2.12. The molecule has 0 fully saturated rings. The van der Waals surface area contributed by atoms with Crippen LogP contribution in [0.2, 0.25) is 0 Å². The zero-order valence-electron chi connectivity index (χ0n) is 14.6. The Kier molecular flexibility index (Phi) is 3.57. The van der Waals surface area contributed by atoms with Crippen LogP contribution in [0.25, 0.3) is 38.0 Å². The SMILES string of the molecule is CC.CNc1ccc2c(c1)c1cccc3c4ccccc4c(=O)n2c31. The first-order valence-corrected chi connectivity index (χ1v) is 8.68. The van der Waals surface area contributed by atoms with Gasteiger partial charge < -0.3 is 5.32 Å². The highest BCUT2D eigenvalue weighted by atomic mass is 16.1. The lowest BCUT2D eigenvalue weighted by molar-refractivity contribution is 1.21. The number of anilines is 1. The largest absolute Gasteiger partial charge is 0.388 e. The number of aromatic nitrogens is 1. The van der Waals surface area contributed by atoms with E-state index in [0.29, 0.717) is 0 Å². The van der Waals surface area contributed by atoms with Crippen molar-refractivity contribution >= 4 is 43.7 Å². The van der Waals surface area contributed by atoms with Gasteiger partial charge in [0.2, 0.25) is 0 Å². The van der Waals surface area contributed by atoms with E-state index >= 15 is 0 Å². The molecular formula is C22H20N2O. The van der Waals surface area contributed by atoms with Crippen LogP contribution in [0.5, 0.6) is 0 Å². The molecule has 0 saturated carbocycles. The highest BCUT2D eigenvalue weighted by Crippen LogP contribution is 2.34. The molecule has 0 aliphatic rings. The standard InChI is InChI=1S/C20H14N2O.C2H6/c1-21-12-9-10-18-17(11-12)15-8-4-7-14-13-5-2-3-6-16(13)20(23)22(18)19(14)15;1-2/h2-11,21H,1H3;1-2H3. The summed E-state index contributed by atoms with van der Waals surface area (Å²) in [5, 5.41) is 8.32. The van der Waals surface area contributed by atoms with Crippen LogP contribution in [0.3, 0.4) is 0 Å². The zero-order valence-corrected chi connectivity index (χ0v) is 14.6. The van der Waals surface area contributed by atoms with E-state index in [0.717, 1.165) is 43.7 Å². The monoisotopic (exact) mass is 328 g/mol. The van der Waals surface area contributed by atoms with Crippen LogP contribution >= 0.6 is 0 Å². The Balaban J connectivity index is 0.000000758. The zero-order chi connectivity index (χ0) is 17.6. The van der Waals surface area contributed by atoms with Crippen molar-refractivity contribution in [3.05, 3.63) is 71.0 Å². The lowest BCUT2D eigenvalue weighted by atomic mass is 10.0. The summed E-state index contributed by atoms with van der Waals surface area (Å²) in [5.41, 5.74) is 3.08. The highest BCUT2D eigenvalue weighted by molar-refractivity contribution is 6.20. The number of para-hydroxylation sites is 1. The van der Waals surface area contributed by atoms with Gasteiger partial charge in [-0.25, -0.2) is 0 Å². The molecular weight excluding hydrogens is 308 g/mol. The predicted octanol–water partition coefficient (Wildman–Crippen LogP) is 5.26. The van der Waals surface area contributed by atoms with Gasteiger partial charge in [-0.2, -0.15) is 0 Å². The molecule has 0 bridgehead atoms. The maximum atomic E-state index is 13.1. The molecule has 5 rings (SSSR count). The molecule has 0 atom stereocenters. The van der Waals surface area contributed by atoms with Gasteiger partial charge >= 0.3 is 0 Å². The first kappa shape index (κ1) is 15.5. The molecule has 3 heteroatoms. The van der Waals surface area contributed by atoms with Crippen LogP contribution < -0.4 is 10.9 Å². The van der Waals surface area contributed by atoms with Gasteiger partial charge in [0.15, 0.2) is 0 Å². The molecule has 2 aromatic heterocycles. The van der Waals surface area contributed by atoms with E-state index in [2.05, 4.69) is 29.6 Å². The Hall–Kier alpha value is -3.07. The van der Waals surface area contributed by atoms with Crippen molar-refractivity contribution in [1.82, 2.24) is 4.40 Å². The molecule has 2 heterocycles. The fraction of sp³-hybridized carbons (Fsp3) is 0.136. The third kappa shape index (κ3) is 2.02. The number of nitrogens with one attached hydrogen (secondary N) is 1. The molecule has 5 aromatic rings. The number of fused-ring (bicyclic) bond motifs is 5. The minimum Gasteiger partial charge on any atom is -0.388 e. The first-order chi connectivity index (χ1) is 12.3. The molecule has 124 valence electrons. The molecule has 0 saturated heterocycles. The fourth-order valence-electron chi connectivity index (χ4n) is 3.68. The Bertz CT molecular complexity index is 1270. The number of hydrogen-bond donors (Lipinski definition) is 1. The maximum absolute atomic E-state index is 13.1. The Labute approximate surface area is 145 Å². The summed E-state index contributed by atoms with van der Waals surface area (Å²) in [6.07, 6.45) is 0. The first-order valence-electron chi connectivity index (χ1n) is 8.68. The third-order valence-corrected chi connectivity index (χ3v) is 4.73. The Morgan fingerprint density at radius 2 is 1.40 bits per heavy atom. The molecule has 25 heavy (non-hydrogen) atoms. The topological polar surface area (TPSA) is 33.5 Å². The summed E-state index contributed by atoms with van der Waals surface area (Å²) in [5.74, 6) is 0. The van der Waals surface area contributed by atoms with Gasteiger partial charge in [-0.05, 0) is 29.7 Å². The van der Waals surface area contributed by atoms with E-state index in [4.69, 9.17) is 0 Å². The smallest absolute Gasteiger partial charge is 0.263 e. The van der Waals surface area contributed by atoms with E-state index in [9.17, 15) is 4.79 Å². The fourth-order valence-corrected chi connectivity index (χ4v) is 3.68. The van der Waals surface area contributed by atoms with Gasteiger partial charge in [-0.15, -0.1) is 0 Å².